The van der Waals surface area contributed by atoms with Gasteiger partial charge in [-0.05, 0) is 14.0 Å². The van der Waals surface area contributed by atoms with Crippen LogP contribution in [0.25, 0.3) is 0 Å². The second kappa shape index (κ2) is 5.14. The number of nitrogens with zero attached hydrogens (tertiary/aromatic N) is 4. The average Bonchev–Trinajstić information content (AvgIpc) is 2.94. The predicted molar refractivity (Wildman–Crippen MR) is 66.6 cm³/mol. The Morgan fingerprint density at radius 1 is 1.47 bits per heavy atom. The zero-order valence-corrected chi connectivity index (χ0v) is 10.6. The maximum absolute atomic E-state index is 4.40. The first kappa shape index (κ1) is 11.9. The molecular weight excluding hydrogens is 214 g/mol. The van der Waals surface area contributed by atoms with Crippen LogP contribution in [0, 0.1) is 0 Å². The van der Waals surface area contributed by atoms with Gasteiger partial charge in [-0.1, -0.05) is 0 Å². The van der Waals surface area contributed by atoms with E-state index in [0.717, 1.165) is 18.8 Å². The number of hydrogen-bond acceptors (Lipinski definition) is 3. The molecular formula is C12H19N5. The minimum atomic E-state index is 0.261. The molecule has 0 radical (unpaired) electrons. The first-order valence-electron chi connectivity index (χ1n) is 5.90. The van der Waals surface area contributed by atoms with Gasteiger partial charge in [0.1, 0.15) is 5.82 Å². The van der Waals surface area contributed by atoms with Crippen molar-refractivity contribution in [1.29, 1.82) is 0 Å². The van der Waals surface area contributed by atoms with Gasteiger partial charge in [-0.25, -0.2) is 4.98 Å². The van der Waals surface area contributed by atoms with Crippen molar-refractivity contribution >= 4 is 0 Å². The largest absolute Gasteiger partial charge is 0.335 e. The standard InChI is InChI=1S/C12H19N5/c1-4-17-6-5-14-12(17)7-11(13-2)10-8-15-16(3)9-10/h5-6,8-9,11,13H,4,7H2,1-3H3. The van der Waals surface area contributed by atoms with Crippen LogP contribution in [0.1, 0.15) is 24.4 Å². The van der Waals surface area contributed by atoms with E-state index in [1.807, 2.05) is 43.6 Å². The van der Waals surface area contributed by atoms with Gasteiger partial charge in [-0.2, -0.15) is 5.10 Å². The monoisotopic (exact) mass is 233 g/mol. The Morgan fingerprint density at radius 3 is 2.88 bits per heavy atom. The molecule has 2 aromatic heterocycles. The van der Waals surface area contributed by atoms with Gasteiger partial charge in [0.25, 0.3) is 0 Å². The summed E-state index contributed by atoms with van der Waals surface area (Å²) >= 11 is 0. The lowest BCUT2D eigenvalue weighted by Gasteiger charge is -2.14. The topological polar surface area (TPSA) is 47.7 Å². The van der Waals surface area contributed by atoms with Gasteiger partial charge in [-0.15, -0.1) is 0 Å². The number of rotatable bonds is 5. The Morgan fingerprint density at radius 2 is 2.29 bits per heavy atom. The molecule has 2 heterocycles. The molecule has 1 unspecified atom stereocenters. The van der Waals surface area contributed by atoms with E-state index in [0.29, 0.717) is 0 Å². The van der Waals surface area contributed by atoms with Gasteiger partial charge in [-0.3, -0.25) is 4.68 Å². The minimum absolute atomic E-state index is 0.261. The van der Waals surface area contributed by atoms with Crippen LogP contribution in [0.5, 0.6) is 0 Å². The molecule has 2 rings (SSSR count). The van der Waals surface area contributed by atoms with Crippen LogP contribution in [0.2, 0.25) is 0 Å². The van der Waals surface area contributed by atoms with Crippen molar-refractivity contribution in [2.24, 2.45) is 7.05 Å². The molecule has 5 nitrogen and oxygen atoms in total. The summed E-state index contributed by atoms with van der Waals surface area (Å²) in [5.74, 6) is 1.11. The number of likely N-dealkylation sites (N-methyl/N-ethyl adjacent to an activating group) is 1. The van der Waals surface area contributed by atoms with Crippen LogP contribution < -0.4 is 5.32 Å². The van der Waals surface area contributed by atoms with Crippen LogP contribution in [-0.2, 0) is 20.0 Å². The summed E-state index contributed by atoms with van der Waals surface area (Å²) in [5.41, 5.74) is 1.20. The predicted octanol–water partition coefficient (Wildman–Crippen LogP) is 1.14. The first-order valence-corrected chi connectivity index (χ1v) is 5.90. The van der Waals surface area contributed by atoms with E-state index in [4.69, 9.17) is 0 Å². The van der Waals surface area contributed by atoms with E-state index in [1.165, 1.54) is 5.56 Å². The Kier molecular flexibility index (Phi) is 3.58. The smallest absolute Gasteiger partial charge is 0.110 e. The van der Waals surface area contributed by atoms with E-state index >= 15 is 0 Å². The highest BCUT2D eigenvalue weighted by Gasteiger charge is 2.14. The highest BCUT2D eigenvalue weighted by molar-refractivity contribution is 5.13. The highest BCUT2D eigenvalue weighted by atomic mass is 15.2. The summed E-state index contributed by atoms with van der Waals surface area (Å²) < 4.78 is 3.99. The van der Waals surface area contributed by atoms with Crippen molar-refractivity contribution in [3.63, 3.8) is 0 Å². The lowest BCUT2D eigenvalue weighted by molar-refractivity contribution is 0.552. The molecule has 0 saturated heterocycles. The van der Waals surface area contributed by atoms with E-state index < -0.39 is 0 Å². The molecule has 0 saturated carbocycles. The van der Waals surface area contributed by atoms with Gasteiger partial charge in [0.2, 0.25) is 0 Å². The molecule has 0 aliphatic carbocycles. The fourth-order valence-electron chi connectivity index (χ4n) is 2.01. The van der Waals surface area contributed by atoms with E-state index in [1.54, 1.807) is 0 Å². The fraction of sp³-hybridized carbons (Fsp3) is 0.500. The van der Waals surface area contributed by atoms with Gasteiger partial charge >= 0.3 is 0 Å². The molecule has 0 aliphatic rings. The van der Waals surface area contributed by atoms with Crippen molar-refractivity contribution in [3.05, 3.63) is 36.2 Å². The number of imidazole rings is 1. The summed E-state index contributed by atoms with van der Waals surface area (Å²) in [7, 11) is 3.90. The van der Waals surface area contributed by atoms with Crippen LogP contribution >= 0.6 is 0 Å². The summed E-state index contributed by atoms with van der Waals surface area (Å²) in [4.78, 5) is 4.40. The number of hydrogen-bond donors (Lipinski definition) is 1. The molecule has 17 heavy (non-hydrogen) atoms. The summed E-state index contributed by atoms with van der Waals surface area (Å²) in [6.45, 7) is 3.09. The molecule has 0 aromatic carbocycles. The van der Waals surface area contributed by atoms with Crippen LogP contribution in [-0.4, -0.2) is 26.4 Å². The van der Waals surface area contributed by atoms with Crippen molar-refractivity contribution in [2.45, 2.75) is 25.9 Å². The van der Waals surface area contributed by atoms with Crippen molar-refractivity contribution in [2.75, 3.05) is 7.05 Å². The quantitative estimate of drug-likeness (QED) is 0.842. The molecule has 0 spiro atoms. The van der Waals surface area contributed by atoms with Crippen LogP contribution in [0.3, 0.4) is 0 Å². The minimum Gasteiger partial charge on any atom is -0.335 e. The molecule has 2 aromatic rings. The lowest BCUT2D eigenvalue weighted by atomic mass is 10.1. The van der Waals surface area contributed by atoms with Gasteiger partial charge in [0.05, 0.1) is 6.20 Å². The Labute approximate surface area is 101 Å². The van der Waals surface area contributed by atoms with Gasteiger partial charge in [0, 0.05) is 50.2 Å². The Balaban J connectivity index is 2.15. The molecule has 1 N–H and O–H groups in total. The normalized spacial score (nSPS) is 12.9. The van der Waals surface area contributed by atoms with E-state index in [-0.39, 0.29) is 6.04 Å². The molecule has 1 atom stereocenters. The Bertz CT molecular complexity index is 471. The second-order valence-electron chi connectivity index (χ2n) is 4.12. The number of aromatic nitrogens is 4. The number of nitrogens with one attached hydrogen (secondary N) is 1. The van der Waals surface area contributed by atoms with Crippen molar-refractivity contribution in [1.82, 2.24) is 24.6 Å². The highest BCUT2D eigenvalue weighted by Crippen LogP contribution is 2.16. The SMILES string of the molecule is CCn1ccnc1CC(NC)c1cnn(C)c1. The van der Waals surface area contributed by atoms with Crippen molar-refractivity contribution < 1.29 is 0 Å². The summed E-state index contributed by atoms with van der Waals surface area (Å²) in [5, 5.41) is 7.52. The van der Waals surface area contributed by atoms with E-state index in [2.05, 4.69) is 26.9 Å². The second-order valence-corrected chi connectivity index (χ2v) is 4.12. The van der Waals surface area contributed by atoms with Crippen molar-refractivity contribution in [3.8, 4) is 0 Å². The van der Waals surface area contributed by atoms with Crippen LogP contribution in [0.15, 0.2) is 24.8 Å². The summed E-state index contributed by atoms with van der Waals surface area (Å²) in [6, 6.07) is 0.261. The molecule has 5 heteroatoms. The molecule has 0 bridgehead atoms. The molecule has 92 valence electrons. The maximum atomic E-state index is 4.40. The molecule has 0 aliphatic heterocycles. The van der Waals surface area contributed by atoms with Gasteiger partial charge < -0.3 is 9.88 Å². The lowest BCUT2D eigenvalue weighted by Crippen LogP contribution is -2.20. The average molecular weight is 233 g/mol. The third kappa shape index (κ3) is 2.55. The van der Waals surface area contributed by atoms with Crippen LogP contribution in [0.4, 0.5) is 0 Å². The third-order valence-corrected chi connectivity index (χ3v) is 3.00. The molecule has 0 amide bonds. The van der Waals surface area contributed by atoms with E-state index in [9.17, 15) is 0 Å². The van der Waals surface area contributed by atoms with Gasteiger partial charge in [0.15, 0.2) is 0 Å². The molecule has 0 fully saturated rings. The zero-order valence-electron chi connectivity index (χ0n) is 10.6. The third-order valence-electron chi connectivity index (χ3n) is 3.00. The maximum Gasteiger partial charge on any atom is 0.110 e. The fourth-order valence-corrected chi connectivity index (χ4v) is 2.01. The first-order chi connectivity index (χ1) is 8.24. The Hall–Kier alpha value is -1.62. The number of aryl methyl sites for hydroxylation is 2. The zero-order chi connectivity index (χ0) is 12.3. The summed E-state index contributed by atoms with van der Waals surface area (Å²) in [6.07, 6.45) is 8.70.